The lowest BCUT2D eigenvalue weighted by Gasteiger charge is -2.30. The number of hydrogen-bond donors (Lipinski definition) is 1. The van der Waals surface area contributed by atoms with Gasteiger partial charge >= 0.3 is 0 Å². The summed E-state index contributed by atoms with van der Waals surface area (Å²) in [6, 6.07) is 6.13. The Labute approximate surface area is 86.5 Å². The van der Waals surface area contributed by atoms with Gasteiger partial charge in [-0.25, -0.2) is 0 Å². The fourth-order valence-electron chi connectivity index (χ4n) is 2.05. The molecule has 2 nitrogen and oxygen atoms in total. The zero-order chi connectivity index (χ0) is 10.4. The van der Waals surface area contributed by atoms with Gasteiger partial charge in [0, 0.05) is 17.3 Å². The molecule has 1 heterocycles. The van der Waals surface area contributed by atoms with Gasteiger partial charge in [-0.1, -0.05) is 19.9 Å². The monoisotopic (exact) mass is 192 g/mol. The molecule has 0 atom stereocenters. The SMILES string of the molecule is CCC(CC)(CCN)c1ccccn1. The van der Waals surface area contributed by atoms with Gasteiger partial charge in [0.05, 0.1) is 0 Å². The van der Waals surface area contributed by atoms with Crippen molar-refractivity contribution in [2.45, 2.75) is 38.5 Å². The average Bonchev–Trinajstić information content (AvgIpc) is 2.27. The molecule has 0 radical (unpaired) electrons. The Hall–Kier alpha value is -0.890. The third kappa shape index (κ3) is 2.13. The van der Waals surface area contributed by atoms with E-state index >= 15 is 0 Å². The van der Waals surface area contributed by atoms with E-state index in [1.807, 2.05) is 12.3 Å². The smallest absolute Gasteiger partial charge is 0.0465 e. The zero-order valence-corrected chi connectivity index (χ0v) is 9.16. The van der Waals surface area contributed by atoms with Crippen LogP contribution in [0.1, 0.15) is 38.8 Å². The summed E-state index contributed by atoms with van der Waals surface area (Å²) in [4.78, 5) is 4.46. The van der Waals surface area contributed by atoms with Crippen molar-refractivity contribution in [2.24, 2.45) is 5.73 Å². The van der Waals surface area contributed by atoms with Crippen LogP contribution in [0.25, 0.3) is 0 Å². The number of nitrogens with two attached hydrogens (primary N) is 1. The van der Waals surface area contributed by atoms with Gasteiger partial charge in [0.15, 0.2) is 0 Å². The van der Waals surface area contributed by atoms with E-state index in [2.05, 4.69) is 31.0 Å². The van der Waals surface area contributed by atoms with E-state index in [-0.39, 0.29) is 5.41 Å². The van der Waals surface area contributed by atoms with Crippen molar-refractivity contribution in [1.29, 1.82) is 0 Å². The van der Waals surface area contributed by atoms with Crippen LogP contribution in [0.2, 0.25) is 0 Å². The minimum Gasteiger partial charge on any atom is -0.330 e. The first-order chi connectivity index (χ1) is 6.79. The Morgan fingerprint density at radius 1 is 1.29 bits per heavy atom. The molecule has 0 aliphatic rings. The number of rotatable bonds is 5. The first-order valence-electron chi connectivity index (χ1n) is 5.40. The lowest BCUT2D eigenvalue weighted by Crippen LogP contribution is -2.28. The maximum absolute atomic E-state index is 5.68. The molecule has 0 spiro atoms. The Kier molecular flexibility index (Phi) is 4.08. The van der Waals surface area contributed by atoms with Crippen molar-refractivity contribution >= 4 is 0 Å². The van der Waals surface area contributed by atoms with Gasteiger partial charge in [-0.2, -0.15) is 0 Å². The molecular formula is C12H20N2. The summed E-state index contributed by atoms with van der Waals surface area (Å²) in [5.74, 6) is 0. The summed E-state index contributed by atoms with van der Waals surface area (Å²) < 4.78 is 0. The van der Waals surface area contributed by atoms with Crippen molar-refractivity contribution in [2.75, 3.05) is 6.54 Å². The van der Waals surface area contributed by atoms with E-state index in [4.69, 9.17) is 5.73 Å². The highest BCUT2D eigenvalue weighted by atomic mass is 14.7. The van der Waals surface area contributed by atoms with Gasteiger partial charge in [-0.05, 0) is 37.9 Å². The topological polar surface area (TPSA) is 38.9 Å². The molecule has 2 heteroatoms. The molecule has 78 valence electrons. The maximum Gasteiger partial charge on any atom is 0.0465 e. The second kappa shape index (κ2) is 5.11. The minimum atomic E-state index is 0.190. The Balaban J connectivity index is 2.98. The molecule has 0 bridgehead atoms. The van der Waals surface area contributed by atoms with Gasteiger partial charge < -0.3 is 5.73 Å². The van der Waals surface area contributed by atoms with E-state index in [1.54, 1.807) is 0 Å². The molecule has 0 aliphatic heterocycles. The van der Waals surface area contributed by atoms with Crippen LogP contribution in [0, 0.1) is 0 Å². The van der Waals surface area contributed by atoms with Crippen LogP contribution < -0.4 is 5.73 Å². The molecule has 0 aromatic carbocycles. The standard InChI is InChI=1S/C12H20N2/c1-3-12(4-2,8-9-13)11-7-5-6-10-14-11/h5-7,10H,3-4,8-9,13H2,1-2H3. The van der Waals surface area contributed by atoms with Crippen LogP contribution >= 0.6 is 0 Å². The van der Waals surface area contributed by atoms with Crippen LogP contribution in [0.3, 0.4) is 0 Å². The second-order valence-electron chi connectivity index (χ2n) is 3.74. The number of pyridine rings is 1. The molecule has 2 N–H and O–H groups in total. The van der Waals surface area contributed by atoms with Crippen LogP contribution in [-0.2, 0) is 5.41 Å². The first-order valence-corrected chi connectivity index (χ1v) is 5.40. The predicted molar refractivity (Wildman–Crippen MR) is 60.2 cm³/mol. The van der Waals surface area contributed by atoms with E-state index < -0.39 is 0 Å². The summed E-state index contributed by atoms with van der Waals surface area (Å²) >= 11 is 0. The van der Waals surface area contributed by atoms with Crippen molar-refractivity contribution in [3.63, 3.8) is 0 Å². The molecule has 0 unspecified atom stereocenters. The molecule has 0 aliphatic carbocycles. The van der Waals surface area contributed by atoms with Gasteiger partial charge in [0.1, 0.15) is 0 Å². The quantitative estimate of drug-likeness (QED) is 0.778. The number of hydrogen-bond acceptors (Lipinski definition) is 2. The third-order valence-electron chi connectivity index (χ3n) is 3.18. The van der Waals surface area contributed by atoms with E-state index in [0.29, 0.717) is 0 Å². The van der Waals surface area contributed by atoms with Crippen molar-refractivity contribution < 1.29 is 0 Å². The average molecular weight is 192 g/mol. The Bertz CT molecular complexity index is 252. The van der Waals surface area contributed by atoms with Crippen LogP contribution in [0.4, 0.5) is 0 Å². The molecule has 0 saturated carbocycles. The predicted octanol–water partition coefficient (Wildman–Crippen LogP) is 2.49. The van der Waals surface area contributed by atoms with E-state index in [9.17, 15) is 0 Å². The second-order valence-corrected chi connectivity index (χ2v) is 3.74. The number of nitrogens with zero attached hydrogens (tertiary/aromatic N) is 1. The fourth-order valence-corrected chi connectivity index (χ4v) is 2.05. The van der Waals surface area contributed by atoms with E-state index in [0.717, 1.165) is 25.8 Å². The Morgan fingerprint density at radius 3 is 2.43 bits per heavy atom. The molecule has 0 amide bonds. The highest BCUT2D eigenvalue weighted by molar-refractivity contribution is 5.16. The summed E-state index contributed by atoms with van der Waals surface area (Å²) in [7, 11) is 0. The van der Waals surface area contributed by atoms with Gasteiger partial charge in [0.25, 0.3) is 0 Å². The highest BCUT2D eigenvalue weighted by Gasteiger charge is 2.28. The molecule has 0 fully saturated rings. The van der Waals surface area contributed by atoms with Gasteiger partial charge in [-0.3, -0.25) is 4.98 Å². The van der Waals surface area contributed by atoms with Gasteiger partial charge in [0.2, 0.25) is 0 Å². The normalized spacial score (nSPS) is 11.6. The molecule has 14 heavy (non-hydrogen) atoms. The number of aromatic nitrogens is 1. The van der Waals surface area contributed by atoms with Crippen molar-refractivity contribution in [3.8, 4) is 0 Å². The summed E-state index contributed by atoms with van der Waals surface area (Å²) in [5.41, 5.74) is 7.06. The lowest BCUT2D eigenvalue weighted by atomic mass is 9.76. The van der Waals surface area contributed by atoms with Crippen molar-refractivity contribution in [3.05, 3.63) is 30.1 Å². The zero-order valence-electron chi connectivity index (χ0n) is 9.16. The van der Waals surface area contributed by atoms with E-state index in [1.165, 1.54) is 5.69 Å². The third-order valence-corrected chi connectivity index (χ3v) is 3.18. The summed E-state index contributed by atoms with van der Waals surface area (Å²) in [6.07, 6.45) is 5.11. The molecule has 1 aromatic heterocycles. The molecule has 1 rings (SSSR count). The fraction of sp³-hybridized carbons (Fsp3) is 0.583. The largest absolute Gasteiger partial charge is 0.330 e. The Morgan fingerprint density at radius 2 is 2.00 bits per heavy atom. The van der Waals surface area contributed by atoms with Crippen molar-refractivity contribution in [1.82, 2.24) is 4.98 Å². The first kappa shape index (κ1) is 11.2. The van der Waals surface area contributed by atoms with Crippen LogP contribution in [0.5, 0.6) is 0 Å². The minimum absolute atomic E-state index is 0.190. The van der Waals surface area contributed by atoms with Gasteiger partial charge in [-0.15, -0.1) is 0 Å². The molecule has 1 aromatic rings. The maximum atomic E-state index is 5.68. The highest BCUT2D eigenvalue weighted by Crippen LogP contribution is 2.32. The lowest BCUT2D eigenvalue weighted by molar-refractivity contribution is 0.361. The molecular weight excluding hydrogens is 172 g/mol. The summed E-state index contributed by atoms with van der Waals surface area (Å²) in [6.45, 7) is 5.17. The van der Waals surface area contributed by atoms with Crippen LogP contribution in [-0.4, -0.2) is 11.5 Å². The van der Waals surface area contributed by atoms with Crippen LogP contribution in [0.15, 0.2) is 24.4 Å². The summed E-state index contributed by atoms with van der Waals surface area (Å²) in [5, 5.41) is 0. The molecule has 0 saturated heterocycles.